The summed E-state index contributed by atoms with van der Waals surface area (Å²) in [5.41, 5.74) is 4.93. The van der Waals surface area contributed by atoms with Gasteiger partial charge in [0.15, 0.2) is 0 Å². The lowest BCUT2D eigenvalue weighted by atomic mass is 10.1. The summed E-state index contributed by atoms with van der Waals surface area (Å²) in [6.07, 6.45) is -0.108. The average molecular weight is 274 g/mol. The summed E-state index contributed by atoms with van der Waals surface area (Å²) < 4.78 is 0. The highest BCUT2D eigenvalue weighted by atomic mass is 16.4. The molecule has 8 nitrogen and oxygen atoms in total. The molecule has 0 spiro atoms. The van der Waals surface area contributed by atoms with E-state index in [1.165, 1.54) is 0 Å². The monoisotopic (exact) mass is 274 g/mol. The van der Waals surface area contributed by atoms with Crippen molar-refractivity contribution in [3.05, 3.63) is 0 Å². The molecular weight excluding hydrogens is 252 g/mol. The minimum absolute atomic E-state index is 0.0209. The summed E-state index contributed by atoms with van der Waals surface area (Å²) >= 11 is 0. The van der Waals surface area contributed by atoms with Crippen LogP contribution in [0.15, 0.2) is 0 Å². The molecule has 0 aromatic rings. The first-order chi connectivity index (χ1) is 8.86. The molecule has 3 amide bonds. The number of aliphatic carboxylic acids is 1. The van der Waals surface area contributed by atoms with Crippen molar-refractivity contribution in [1.29, 1.82) is 0 Å². The lowest BCUT2D eigenvalue weighted by Gasteiger charge is -2.16. The third-order valence-corrected chi connectivity index (χ3v) is 2.60. The zero-order chi connectivity index (χ0) is 14.8. The highest BCUT2D eigenvalue weighted by Crippen LogP contribution is 1.97. The van der Waals surface area contributed by atoms with Gasteiger partial charge in [0.05, 0.1) is 0 Å². The van der Waals surface area contributed by atoms with E-state index in [1.807, 2.05) is 18.9 Å². The number of nitrogens with one attached hydrogen (secondary N) is 2. The molecule has 19 heavy (non-hydrogen) atoms. The Morgan fingerprint density at radius 3 is 2.47 bits per heavy atom. The number of nitrogens with zero attached hydrogens (tertiary/aromatic N) is 1. The Balaban J connectivity index is 4.03. The van der Waals surface area contributed by atoms with E-state index in [4.69, 9.17) is 10.8 Å². The molecular formula is C11H22N4O4. The highest BCUT2D eigenvalue weighted by molar-refractivity contribution is 5.83. The van der Waals surface area contributed by atoms with Crippen LogP contribution in [0.4, 0.5) is 4.79 Å². The van der Waals surface area contributed by atoms with Crippen molar-refractivity contribution in [1.82, 2.24) is 15.5 Å². The van der Waals surface area contributed by atoms with Crippen LogP contribution >= 0.6 is 0 Å². The van der Waals surface area contributed by atoms with Gasteiger partial charge in [0.1, 0.15) is 6.04 Å². The predicted octanol–water partition coefficient (Wildman–Crippen LogP) is -1.04. The largest absolute Gasteiger partial charge is 0.480 e. The van der Waals surface area contributed by atoms with Gasteiger partial charge in [-0.2, -0.15) is 0 Å². The molecule has 0 saturated heterocycles. The van der Waals surface area contributed by atoms with E-state index in [1.54, 1.807) is 0 Å². The number of urea groups is 1. The van der Waals surface area contributed by atoms with E-state index in [-0.39, 0.29) is 12.8 Å². The summed E-state index contributed by atoms with van der Waals surface area (Å²) in [7, 11) is 1.91. The number of rotatable bonds is 9. The zero-order valence-electron chi connectivity index (χ0n) is 11.3. The standard InChI is InChI=1S/C11H22N4O4/c1-3-15(2)7-6-13-11(19)14-8(10(17)18)4-5-9(12)16/h8H,3-7H2,1-2H3,(H2,12,16)(H,17,18)(H2,13,14,19)/t8-/m1/s1. The number of nitrogens with two attached hydrogens (primary N) is 1. The summed E-state index contributed by atoms with van der Waals surface area (Å²) in [6, 6.07) is -1.68. The molecule has 0 bridgehead atoms. The van der Waals surface area contributed by atoms with Crippen molar-refractivity contribution >= 4 is 17.9 Å². The Bertz CT molecular complexity index is 322. The summed E-state index contributed by atoms with van der Waals surface area (Å²) in [4.78, 5) is 34.9. The van der Waals surface area contributed by atoms with Gasteiger partial charge in [-0.15, -0.1) is 0 Å². The molecule has 0 heterocycles. The van der Waals surface area contributed by atoms with Crippen molar-refractivity contribution in [2.45, 2.75) is 25.8 Å². The summed E-state index contributed by atoms with van der Waals surface area (Å²) in [6.45, 7) is 3.94. The van der Waals surface area contributed by atoms with Gasteiger partial charge in [-0.05, 0) is 20.0 Å². The second-order valence-corrected chi connectivity index (χ2v) is 4.19. The lowest BCUT2D eigenvalue weighted by molar-refractivity contribution is -0.139. The Morgan fingerprint density at radius 2 is 2.00 bits per heavy atom. The molecule has 0 aromatic carbocycles. The fraction of sp³-hybridized carbons (Fsp3) is 0.727. The van der Waals surface area contributed by atoms with E-state index < -0.39 is 23.9 Å². The van der Waals surface area contributed by atoms with Crippen molar-refractivity contribution in [3.8, 4) is 0 Å². The van der Waals surface area contributed by atoms with Gasteiger partial charge in [0, 0.05) is 19.5 Å². The first kappa shape index (κ1) is 17.2. The van der Waals surface area contributed by atoms with Gasteiger partial charge in [-0.25, -0.2) is 9.59 Å². The highest BCUT2D eigenvalue weighted by Gasteiger charge is 2.20. The Labute approximate surface area is 112 Å². The molecule has 0 aliphatic carbocycles. The summed E-state index contributed by atoms with van der Waals surface area (Å²) in [5, 5.41) is 13.7. The van der Waals surface area contributed by atoms with Crippen LogP contribution in [0, 0.1) is 0 Å². The van der Waals surface area contributed by atoms with Crippen LogP contribution < -0.4 is 16.4 Å². The van der Waals surface area contributed by atoms with Crippen LogP contribution in [0.3, 0.4) is 0 Å². The van der Waals surface area contributed by atoms with Crippen LogP contribution in [-0.2, 0) is 9.59 Å². The lowest BCUT2D eigenvalue weighted by Crippen LogP contribution is -2.47. The predicted molar refractivity (Wildman–Crippen MR) is 69.6 cm³/mol. The van der Waals surface area contributed by atoms with Crippen LogP contribution in [0.2, 0.25) is 0 Å². The number of amides is 3. The van der Waals surface area contributed by atoms with Crippen molar-refractivity contribution < 1.29 is 19.5 Å². The van der Waals surface area contributed by atoms with E-state index >= 15 is 0 Å². The molecule has 0 fully saturated rings. The van der Waals surface area contributed by atoms with E-state index in [2.05, 4.69) is 10.6 Å². The first-order valence-corrected chi connectivity index (χ1v) is 6.10. The molecule has 0 radical (unpaired) electrons. The molecule has 0 aromatic heterocycles. The topological polar surface area (TPSA) is 125 Å². The van der Waals surface area contributed by atoms with Gasteiger partial charge < -0.3 is 26.4 Å². The third-order valence-electron chi connectivity index (χ3n) is 2.60. The minimum atomic E-state index is -1.19. The van der Waals surface area contributed by atoms with Gasteiger partial charge in [0.2, 0.25) is 5.91 Å². The van der Waals surface area contributed by atoms with E-state index in [0.29, 0.717) is 13.1 Å². The molecule has 110 valence electrons. The maximum Gasteiger partial charge on any atom is 0.326 e. The molecule has 8 heteroatoms. The number of carboxylic acid groups (broad SMARTS) is 1. The van der Waals surface area contributed by atoms with Gasteiger partial charge in [-0.1, -0.05) is 6.92 Å². The number of carbonyl (C=O) groups excluding carboxylic acids is 2. The molecule has 5 N–H and O–H groups in total. The van der Waals surface area contributed by atoms with Gasteiger partial charge >= 0.3 is 12.0 Å². The van der Waals surface area contributed by atoms with E-state index in [9.17, 15) is 14.4 Å². The number of carbonyl (C=O) groups is 3. The van der Waals surface area contributed by atoms with E-state index in [0.717, 1.165) is 6.54 Å². The van der Waals surface area contributed by atoms with Crippen LogP contribution in [0.25, 0.3) is 0 Å². The van der Waals surface area contributed by atoms with Gasteiger partial charge in [0.25, 0.3) is 0 Å². The molecule has 0 aliphatic rings. The molecule has 0 rings (SSSR count). The molecule has 1 atom stereocenters. The maximum atomic E-state index is 11.5. The third kappa shape index (κ3) is 8.83. The van der Waals surface area contributed by atoms with Crippen molar-refractivity contribution in [2.24, 2.45) is 5.73 Å². The number of likely N-dealkylation sites (N-methyl/N-ethyl adjacent to an activating group) is 1. The quantitative estimate of drug-likeness (QED) is 0.427. The summed E-state index contributed by atoms with van der Waals surface area (Å²) in [5.74, 6) is -1.79. The van der Waals surface area contributed by atoms with Crippen molar-refractivity contribution in [2.75, 3.05) is 26.7 Å². The second kappa shape index (κ2) is 9.15. The SMILES string of the molecule is CCN(C)CCNC(=O)N[C@H](CCC(N)=O)C(=O)O. The molecule has 0 aliphatic heterocycles. The van der Waals surface area contributed by atoms with Gasteiger partial charge in [-0.3, -0.25) is 4.79 Å². The number of carboxylic acids is 1. The number of hydrogen-bond donors (Lipinski definition) is 4. The normalized spacial score (nSPS) is 11.9. The van der Waals surface area contributed by atoms with Crippen molar-refractivity contribution in [3.63, 3.8) is 0 Å². The zero-order valence-corrected chi connectivity index (χ0v) is 11.3. The minimum Gasteiger partial charge on any atom is -0.480 e. The first-order valence-electron chi connectivity index (χ1n) is 6.10. The van der Waals surface area contributed by atoms with Crippen LogP contribution in [0.5, 0.6) is 0 Å². The molecule has 0 saturated carbocycles. The fourth-order valence-electron chi connectivity index (χ4n) is 1.27. The Kier molecular flexibility index (Phi) is 8.27. The Morgan fingerprint density at radius 1 is 1.37 bits per heavy atom. The van der Waals surface area contributed by atoms with Crippen LogP contribution in [-0.4, -0.2) is 60.6 Å². The number of primary amides is 1. The second-order valence-electron chi connectivity index (χ2n) is 4.19. The maximum absolute atomic E-state index is 11.5. The number of hydrogen-bond acceptors (Lipinski definition) is 4. The fourth-order valence-corrected chi connectivity index (χ4v) is 1.27. The smallest absolute Gasteiger partial charge is 0.326 e. The Hall–Kier alpha value is -1.83. The molecule has 0 unspecified atom stereocenters. The average Bonchev–Trinajstić information content (AvgIpc) is 2.33. The van der Waals surface area contributed by atoms with Crippen LogP contribution in [0.1, 0.15) is 19.8 Å².